The maximum Gasteiger partial charge on any atom is 0.368 e. The highest BCUT2D eigenvalue weighted by Gasteiger charge is 2.23. The number of nitrogens with one attached hydrogen (secondary N) is 1. The second-order valence-electron chi connectivity index (χ2n) is 3.90. The van der Waals surface area contributed by atoms with Gasteiger partial charge in [0.1, 0.15) is 5.82 Å². The minimum atomic E-state index is -4.25. The molecule has 2 heterocycles. The summed E-state index contributed by atoms with van der Waals surface area (Å²) in [6, 6.07) is 1.43. The van der Waals surface area contributed by atoms with Crippen molar-refractivity contribution in [3.63, 3.8) is 0 Å². The van der Waals surface area contributed by atoms with Gasteiger partial charge in [0.25, 0.3) is 0 Å². The van der Waals surface area contributed by atoms with Crippen LogP contribution in [0.5, 0.6) is 0 Å². The number of nitrogen functional groups attached to an aromatic ring is 1. The molecule has 0 bridgehead atoms. The summed E-state index contributed by atoms with van der Waals surface area (Å²) in [7, 11) is -4.25. The van der Waals surface area contributed by atoms with E-state index in [0.29, 0.717) is 0 Å². The van der Waals surface area contributed by atoms with Crippen LogP contribution in [0.4, 0.5) is 5.82 Å². The first-order valence-electron chi connectivity index (χ1n) is 5.45. The van der Waals surface area contributed by atoms with Crippen molar-refractivity contribution in [2.24, 2.45) is 0 Å². The Labute approximate surface area is 113 Å². The van der Waals surface area contributed by atoms with Crippen LogP contribution in [0.15, 0.2) is 29.2 Å². The number of hydrogen-bond acceptors (Lipinski definition) is 7. The first-order valence-corrected chi connectivity index (χ1v) is 7.25. The summed E-state index contributed by atoms with van der Waals surface area (Å²) in [5.74, 6) is 0.0961. The zero-order valence-electron chi connectivity index (χ0n) is 10.1. The number of anilines is 1. The lowest BCUT2D eigenvalue weighted by Gasteiger charge is -2.17. The Hall–Kier alpha value is -1.71. The molecule has 1 aromatic heterocycles. The van der Waals surface area contributed by atoms with Gasteiger partial charge in [0, 0.05) is 6.20 Å². The molecule has 0 amide bonds. The molecule has 1 aromatic rings. The fourth-order valence-corrected chi connectivity index (χ4v) is 1.76. The van der Waals surface area contributed by atoms with Crippen molar-refractivity contribution < 1.29 is 23.8 Å². The quantitative estimate of drug-likeness (QED) is 0.387. The highest BCUT2D eigenvalue weighted by atomic mass is 31.2. The van der Waals surface area contributed by atoms with E-state index in [1.54, 1.807) is 0 Å². The number of nitrogens with two attached hydrogens (primary N) is 1. The fourth-order valence-electron chi connectivity index (χ4n) is 1.42. The third-order valence-electron chi connectivity index (χ3n) is 2.22. The molecule has 0 radical (unpaired) electrons. The lowest BCUT2D eigenvalue weighted by atomic mass is 10.5. The van der Waals surface area contributed by atoms with Crippen LogP contribution >= 0.6 is 7.60 Å². The molecule has 11 heteroatoms. The van der Waals surface area contributed by atoms with Gasteiger partial charge in [-0.3, -0.25) is 9.99 Å². The Balaban J connectivity index is 1.89. The summed E-state index contributed by atoms with van der Waals surface area (Å²) in [4.78, 5) is 32.3. The average Bonchev–Trinajstić information content (AvgIpc) is 2.77. The molecule has 0 aromatic carbocycles. The van der Waals surface area contributed by atoms with Gasteiger partial charge in [-0.1, -0.05) is 0 Å². The van der Waals surface area contributed by atoms with Crippen molar-refractivity contribution in [2.45, 2.75) is 12.5 Å². The average molecular weight is 304 g/mol. The molecule has 0 spiro atoms. The Kier molecular flexibility index (Phi) is 4.21. The molecule has 2 rings (SSSR count). The maximum atomic E-state index is 11.5. The molecule has 5 N–H and O–H groups in total. The molecular formula is C9H13N4O6P. The third kappa shape index (κ3) is 4.15. The van der Waals surface area contributed by atoms with Crippen molar-refractivity contribution in [1.29, 1.82) is 0 Å². The zero-order valence-corrected chi connectivity index (χ0v) is 11.0. The van der Waals surface area contributed by atoms with Crippen LogP contribution in [-0.4, -0.2) is 38.3 Å². The van der Waals surface area contributed by atoms with E-state index >= 15 is 0 Å². The van der Waals surface area contributed by atoms with Gasteiger partial charge >= 0.3 is 13.3 Å². The summed E-state index contributed by atoms with van der Waals surface area (Å²) in [5, 5.41) is 0. The Morgan fingerprint density at radius 2 is 2.30 bits per heavy atom. The lowest BCUT2D eigenvalue weighted by molar-refractivity contribution is -0.103. The van der Waals surface area contributed by atoms with E-state index in [2.05, 4.69) is 10.4 Å². The summed E-state index contributed by atoms with van der Waals surface area (Å²) in [6.07, 6.45) is 2.03. The van der Waals surface area contributed by atoms with Crippen molar-refractivity contribution in [3.05, 3.63) is 34.9 Å². The maximum absolute atomic E-state index is 11.5. The van der Waals surface area contributed by atoms with Gasteiger partial charge in [0.2, 0.25) is 0 Å². The van der Waals surface area contributed by atoms with Gasteiger partial charge in [-0.05, 0) is 18.2 Å². The number of ether oxygens (including phenoxy) is 2. The topological polar surface area (TPSA) is 149 Å². The number of aromatic nitrogens is 2. The fraction of sp³-hybridized carbons (Fsp3) is 0.333. The standard InChI is InChI=1S/C9H13N4O6P/c10-6-3-4-13(9(14)11-6)12-7-1-2-8(19-7)18-5-20(15,16)17/h1-4,7-8,12H,5H2,(H2,10,11,14)(H2,15,16,17). The SMILES string of the molecule is Nc1ccn(NC2C=CC(OCP(=O)(O)O)O2)c(=O)n1. The number of hydrogen-bond donors (Lipinski definition) is 4. The molecule has 10 nitrogen and oxygen atoms in total. The van der Waals surface area contributed by atoms with Crippen LogP contribution in [0.3, 0.4) is 0 Å². The van der Waals surface area contributed by atoms with Gasteiger partial charge in [-0.25, -0.2) is 9.47 Å². The van der Waals surface area contributed by atoms with E-state index in [0.717, 1.165) is 4.68 Å². The van der Waals surface area contributed by atoms with Gasteiger partial charge in [0.05, 0.1) is 0 Å². The molecule has 110 valence electrons. The van der Waals surface area contributed by atoms with E-state index < -0.39 is 32.2 Å². The summed E-state index contributed by atoms with van der Waals surface area (Å²) in [5.41, 5.74) is 7.40. The van der Waals surface area contributed by atoms with Gasteiger partial charge in [-0.15, -0.1) is 0 Å². The molecule has 2 atom stereocenters. The van der Waals surface area contributed by atoms with Crippen molar-refractivity contribution >= 4 is 13.4 Å². The predicted molar refractivity (Wildman–Crippen MR) is 68.1 cm³/mol. The summed E-state index contributed by atoms with van der Waals surface area (Å²) < 4.78 is 21.8. The van der Waals surface area contributed by atoms with Crippen LogP contribution in [0, 0.1) is 0 Å². The van der Waals surface area contributed by atoms with Crippen LogP contribution in [0.2, 0.25) is 0 Å². The van der Waals surface area contributed by atoms with E-state index in [1.165, 1.54) is 24.4 Å². The minimum Gasteiger partial charge on any atom is -0.383 e. The molecule has 1 aliphatic rings. The molecule has 0 fully saturated rings. The largest absolute Gasteiger partial charge is 0.383 e. The monoisotopic (exact) mass is 304 g/mol. The van der Waals surface area contributed by atoms with E-state index in [9.17, 15) is 9.36 Å². The second kappa shape index (κ2) is 5.73. The molecule has 1 aliphatic heterocycles. The highest BCUT2D eigenvalue weighted by molar-refractivity contribution is 7.51. The van der Waals surface area contributed by atoms with Gasteiger partial charge in [0.15, 0.2) is 18.9 Å². The molecular weight excluding hydrogens is 291 g/mol. The molecule has 0 saturated carbocycles. The lowest BCUT2D eigenvalue weighted by Crippen LogP contribution is -2.37. The van der Waals surface area contributed by atoms with E-state index in [4.69, 9.17) is 25.0 Å². The Morgan fingerprint density at radius 1 is 1.55 bits per heavy atom. The molecule has 0 saturated heterocycles. The third-order valence-corrected chi connectivity index (χ3v) is 2.71. The van der Waals surface area contributed by atoms with Crippen LogP contribution in [0.25, 0.3) is 0 Å². The van der Waals surface area contributed by atoms with Gasteiger partial charge < -0.3 is 25.0 Å². The number of nitrogens with zero attached hydrogens (tertiary/aromatic N) is 2. The normalized spacial score (nSPS) is 22.1. The molecule has 2 unspecified atom stereocenters. The Morgan fingerprint density at radius 3 is 2.95 bits per heavy atom. The number of rotatable bonds is 5. The second-order valence-corrected chi connectivity index (χ2v) is 5.49. The molecule has 0 aliphatic carbocycles. The van der Waals surface area contributed by atoms with E-state index in [-0.39, 0.29) is 5.82 Å². The highest BCUT2D eigenvalue weighted by Crippen LogP contribution is 2.34. The van der Waals surface area contributed by atoms with Crippen molar-refractivity contribution in [3.8, 4) is 0 Å². The van der Waals surface area contributed by atoms with Crippen molar-refractivity contribution in [2.75, 3.05) is 17.5 Å². The van der Waals surface area contributed by atoms with Crippen LogP contribution in [0.1, 0.15) is 0 Å². The Bertz CT molecular complexity index is 611. The minimum absolute atomic E-state index is 0.0961. The van der Waals surface area contributed by atoms with Crippen molar-refractivity contribution in [1.82, 2.24) is 9.66 Å². The van der Waals surface area contributed by atoms with Gasteiger partial charge in [-0.2, -0.15) is 4.98 Å². The predicted octanol–water partition coefficient (Wildman–Crippen LogP) is -1.24. The van der Waals surface area contributed by atoms with Crippen LogP contribution < -0.4 is 16.8 Å². The summed E-state index contributed by atoms with van der Waals surface area (Å²) >= 11 is 0. The smallest absolute Gasteiger partial charge is 0.368 e. The van der Waals surface area contributed by atoms with Crippen LogP contribution in [-0.2, 0) is 14.0 Å². The van der Waals surface area contributed by atoms with E-state index in [1.807, 2.05) is 0 Å². The first-order chi connectivity index (χ1) is 9.33. The zero-order chi connectivity index (χ0) is 14.8. The molecule has 20 heavy (non-hydrogen) atoms. The first kappa shape index (κ1) is 14.7. The summed E-state index contributed by atoms with van der Waals surface area (Å²) in [6.45, 7) is 0.